The molecule has 1 atom stereocenters. The average molecular weight is 425 g/mol. The van der Waals surface area contributed by atoms with E-state index in [2.05, 4.69) is 10.4 Å². The summed E-state index contributed by atoms with van der Waals surface area (Å²) in [5.41, 5.74) is 1.66. The number of carbonyl (C=O) groups excluding carboxylic acids is 1. The molecule has 1 saturated heterocycles. The van der Waals surface area contributed by atoms with Crippen molar-refractivity contribution in [2.24, 2.45) is 0 Å². The number of benzene rings is 2. The van der Waals surface area contributed by atoms with Crippen LogP contribution in [0, 0.1) is 0 Å². The van der Waals surface area contributed by atoms with Crippen LogP contribution >= 0.6 is 0 Å². The molecule has 1 aromatic heterocycles. The van der Waals surface area contributed by atoms with Crippen molar-refractivity contribution >= 4 is 21.6 Å². The zero-order valence-electron chi connectivity index (χ0n) is 16.5. The van der Waals surface area contributed by atoms with E-state index in [1.807, 2.05) is 30.3 Å². The van der Waals surface area contributed by atoms with Crippen molar-refractivity contribution < 1.29 is 13.2 Å². The summed E-state index contributed by atoms with van der Waals surface area (Å²) in [5.74, 6) is -0.325. The number of anilines is 1. The van der Waals surface area contributed by atoms with Gasteiger partial charge in [0.05, 0.1) is 23.3 Å². The molecule has 0 saturated carbocycles. The molecule has 1 unspecified atom stereocenters. The van der Waals surface area contributed by atoms with Gasteiger partial charge in [0.25, 0.3) is 0 Å². The first-order valence-electron chi connectivity index (χ1n) is 9.98. The average Bonchev–Trinajstić information content (AvgIpc) is 3.21. The van der Waals surface area contributed by atoms with Gasteiger partial charge in [0.15, 0.2) is 0 Å². The number of sulfonamides is 1. The molecule has 0 bridgehead atoms. The molecule has 1 aliphatic heterocycles. The van der Waals surface area contributed by atoms with Crippen molar-refractivity contribution in [3.05, 3.63) is 78.6 Å². The van der Waals surface area contributed by atoms with Crippen molar-refractivity contribution in [1.82, 2.24) is 14.1 Å². The topological polar surface area (TPSA) is 84.3 Å². The number of carbonyl (C=O) groups is 1. The second-order valence-electron chi connectivity index (χ2n) is 7.34. The molecule has 4 rings (SSSR count). The number of aromatic nitrogens is 2. The van der Waals surface area contributed by atoms with E-state index >= 15 is 0 Å². The summed E-state index contributed by atoms with van der Waals surface area (Å²) in [4.78, 5) is 13.2. The standard InChI is InChI=1S/C22H24N4O3S/c27-22(24-19-15-23-25(17-19)16-18-9-3-1-4-10-18)21-13-7-8-14-26(21)30(28,29)20-11-5-2-6-12-20/h1-6,9-12,15,17,21H,7-8,13-14,16H2,(H,24,27). The summed E-state index contributed by atoms with van der Waals surface area (Å²) >= 11 is 0. The van der Waals surface area contributed by atoms with Crippen molar-refractivity contribution in [3.63, 3.8) is 0 Å². The SMILES string of the molecule is O=C(Nc1cnn(Cc2ccccc2)c1)C1CCCCN1S(=O)(=O)c1ccccc1. The van der Waals surface area contributed by atoms with Crippen LogP contribution in [-0.2, 0) is 21.4 Å². The fourth-order valence-corrected chi connectivity index (χ4v) is 5.37. The highest BCUT2D eigenvalue weighted by molar-refractivity contribution is 7.89. The Morgan fingerprint density at radius 2 is 1.73 bits per heavy atom. The Labute approximate surface area is 176 Å². The van der Waals surface area contributed by atoms with E-state index in [-0.39, 0.29) is 10.8 Å². The summed E-state index contributed by atoms with van der Waals surface area (Å²) in [7, 11) is -3.73. The van der Waals surface area contributed by atoms with E-state index in [0.717, 1.165) is 18.4 Å². The third-order valence-electron chi connectivity index (χ3n) is 5.19. The Balaban J connectivity index is 1.48. The van der Waals surface area contributed by atoms with Crippen LogP contribution in [0.4, 0.5) is 5.69 Å². The zero-order chi connectivity index (χ0) is 21.0. The van der Waals surface area contributed by atoms with Crippen LogP contribution < -0.4 is 5.32 Å². The first-order valence-corrected chi connectivity index (χ1v) is 11.4. The van der Waals surface area contributed by atoms with Crippen molar-refractivity contribution in [2.45, 2.75) is 36.7 Å². The number of hydrogen-bond donors (Lipinski definition) is 1. The number of amides is 1. The van der Waals surface area contributed by atoms with Gasteiger partial charge < -0.3 is 5.32 Å². The Kier molecular flexibility index (Phi) is 5.96. The maximum atomic E-state index is 13.1. The lowest BCUT2D eigenvalue weighted by Crippen LogP contribution is -2.49. The molecule has 2 heterocycles. The van der Waals surface area contributed by atoms with E-state index in [1.54, 1.807) is 47.4 Å². The van der Waals surface area contributed by atoms with Crippen LogP contribution in [0.25, 0.3) is 0 Å². The van der Waals surface area contributed by atoms with Gasteiger partial charge in [-0.05, 0) is 30.5 Å². The van der Waals surface area contributed by atoms with Gasteiger partial charge in [-0.1, -0.05) is 55.0 Å². The molecule has 1 fully saturated rings. The van der Waals surface area contributed by atoms with Gasteiger partial charge in [0.2, 0.25) is 15.9 Å². The van der Waals surface area contributed by atoms with Crippen molar-refractivity contribution in [3.8, 4) is 0 Å². The Bertz CT molecular complexity index is 1100. The summed E-state index contributed by atoms with van der Waals surface area (Å²) in [6.45, 7) is 0.928. The van der Waals surface area contributed by atoms with E-state index < -0.39 is 16.1 Å². The molecule has 1 amide bonds. The van der Waals surface area contributed by atoms with Crippen LogP contribution in [0.2, 0.25) is 0 Å². The molecule has 0 aliphatic carbocycles. The lowest BCUT2D eigenvalue weighted by Gasteiger charge is -2.33. The number of hydrogen-bond acceptors (Lipinski definition) is 4. The smallest absolute Gasteiger partial charge is 0.243 e. The van der Waals surface area contributed by atoms with Gasteiger partial charge in [-0.3, -0.25) is 9.48 Å². The highest BCUT2D eigenvalue weighted by Crippen LogP contribution is 2.26. The Morgan fingerprint density at radius 3 is 2.47 bits per heavy atom. The van der Waals surface area contributed by atoms with Crippen LogP contribution in [0.15, 0.2) is 78.0 Å². The normalized spacial score (nSPS) is 17.5. The second kappa shape index (κ2) is 8.81. The van der Waals surface area contributed by atoms with Gasteiger partial charge in [-0.2, -0.15) is 9.40 Å². The predicted octanol–water partition coefficient (Wildman–Crippen LogP) is 3.11. The minimum Gasteiger partial charge on any atom is -0.322 e. The number of piperidine rings is 1. The highest BCUT2D eigenvalue weighted by Gasteiger charge is 2.37. The molecule has 7 nitrogen and oxygen atoms in total. The molecule has 1 N–H and O–H groups in total. The minimum absolute atomic E-state index is 0.209. The highest BCUT2D eigenvalue weighted by atomic mass is 32.2. The fourth-order valence-electron chi connectivity index (χ4n) is 3.69. The summed E-state index contributed by atoms with van der Waals surface area (Å²) in [6, 6.07) is 17.4. The number of nitrogens with one attached hydrogen (secondary N) is 1. The number of rotatable bonds is 6. The van der Waals surface area contributed by atoms with E-state index in [4.69, 9.17) is 0 Å². The van der Waals surface area contributed by atoms with Crippen molar-refractivity contribution in [1.29, 1.82) is 0 Å². The molecular weight excluding hydrogens is 400 g/mol. The minimum atomic E-state index is -3.73. The zero-order valence-corrected chi connectivity index (χ0v) is 17.3. The lowest BCUT2D eigenvalue weighted by molar-refractivity contribution is -0.120. The molecule has 3 aromatic rings. The largest absolute Gasteiger partial charge is 0.322 e. The van der Waals surface area contributed by atoms with Crippen molar-refractivity contribution in [2.75, 3.05) is 11.9 Å². The molecule has 30 heavy (non-hydrogen) atoms. The fraction of sp³-hybridized carbons (Fsp3) is 0.273. The van der Waals surface area contributed by atoms with E-state index in [0.29, 0.717) is 25.2 Å². The molecule has 2 aromatic carbocycles. The molecule has 0 radical (unpaired) electrons. The maximum Gasteiger partial charge on any atom is 0.243 e. The van der Waals surface area contributed by atoms with Gasteiger partial charge in [-0.25, -0.2) is 8.42 Å². The summed E-state index contributed by atoms with van der Waals surface area (Å²) < 4.78 is 29.3. The summed E-state index contributed by atoms with van der Waals surface area (Å²) in [6.07, 6.45) is 5.39. The Morgan fingerprint density at radius 1 is 1.03 bits per heavy atom. The first kappa shape index (κ1) is 20.3. The van der Waals surface area contributed by atoms with E-state index in [9.17, 15) is 13.2 Å². The third-order valence-corrected chi connectivity index (χ3v) is 7.12. The molecule has 0 spiro atoms. The monoisotopic (exact) mass is 424 g/mol. The maximum absolute atomic E-state index is 13.1. The van der Waals surface area contributed by atoms with Crippen LogP contribution in [0.3, 0.4) is 0 Å². The predicted molar refractivity (Wildman–Crippen MR) is 114 cm³/mol. The molecule has 156 valence electrons. The molecular formula is C22H24N4O3S. The number of nitrogens with zero attached hydrogens (tertiary/aromatic N) is 3. The summed E-state index contributed by atoms with van der Waals surface area (Å²) in [5, 5.41) is 7.14. The van der Waals surface area contributed by atoms with Crippen LogP contribution in [0.1, 0.15) is 24.8 Å². The van der Waals surface area contributed by atoms with Crippen LogP contribution in [0.5, 0.6) is 0 Å². The third kappa shape index (κ3) is 4.44. The molecule has 1 aliphatic rings. The first-order chi connectivity index (χ1) is 14.5. The van der Waals surface area contributed by atoms with Crippen LogP contribution in [-0.4, -0.2) is 41.0 Å². The molecule has 8 heteroatoms. The van der Waals surface area contributed by atoms with Gasteiger partial charge in [-0.15, -0.1) is 0 Å². The lowest BCUT2D eigenvalue weighted by atomic mass is 10.0. The quantitative estimate of drug-likeness (QED) is 0.659. The second-order valence-corrected chi connectivity index (χ2v) is 9.23. The van der Waals surface area contributed by atoms with Gasteiger partial charge in [0, 0.05) is 12.7 Å². The van der Waals surface area contributed by atoms with Gasteiger partial charge in [0.1, 0.15) is 6.04 Å². The van der Waals surface area contributed by atoms with E-state index in [1.165, 1.54) is 4.31 Å². The Hall–Kier alpha value is -2.97. The van der Waals surface area contributed by atoms with Gasteiger partial charge >= 0.3 is 0 Å².